The number of hydrogen-bond donors (Lipinski definition) is 1. The van der Waals surface area contributed by atoms with Crippen LogP contribution < -0.4 is 0 Å². The van der Waals surface area contributed by atoms with Crippen molar-refractivity contribution in [2.75, 3.05) is 39.9 Å². The van der Waals surface area contributed by atoms with Crippen LogP contribution >= 0.6 is 0 Å². The number of piperidine rings is 2. The van der Waals surface area contributed by atoms with Crippen molar-refractivity contribution in [2.45, 2.75) is 32.1 Å². The normalized spacial score (nSPS) is 24.1. The van der Waals surface area contributed by atoms with E-state index >= 15 is 0 Å². The lowest BCUT2D eigenvalue weighted by atomic mass is 9.94. The Morgan fingerprint density at radius 1 is 1.10 bits per heavy atom. The summed E-state index contributed by atoms with van der Waals surface area (Å²) in [5, 5.41) is 8.89. The van der Waals surface area contributed by atoms with Crippen LogP contribution in [-0.4, -0.2) is 66.8 Å². The fourth-order valence-electron chi connectivity index (χ4n) is 3.38. The van der Waals surface area contributed by atoms with E-state index in [0.717, 1.165) is 51.9 Å². The standard InChI is InChI=1S/C15H26N2O4/c1-21-11-12-4-7-16(8-5-12)15(20)17-6-2-3-13(10-17)9-14(18)19/h12-13H,2-11H2,1H3,(H,18,19). The van der Waals surface area contributed by atoms with E-state index < -0.39 is 5.97 Å². The highest BCUT2D eigenvalue weighted by Gasteiger charge is 2.30. The molecule has 2 aliphatic heterocycles. The average Bonchev–Trinajstić information content (AvgIpc) is 2.47. The summed E-state index contributed by atoms with van der Waals surface area (Å²) in [7, 11) is 1.72. The number of rotatable bonds is 4. The number of likely N-dealkylation sites (tertiary alicyclic amines) is 2. The fourth-order valence-corrected chi connectivity index (χ4v) is 3.38. The first-order valence-electron chi connectivity index (χ1n) is 7.84. The van der Waals surface area contributed by atoms with Gasteiger partial charge in [0.1, 0.15) is 0 Å². The molecule has 1 N–H and O–H groups in total. The first-order chi connectivity index (χ1) is 10.1. The molecule has 0 aliphatic carbocycles. The van der Waals surface area contributed by atoms with Crippen LogP contribution in [0.1, 0.15) is 32.1 Å². The number of methoxy groups -OCH3 is 1. The smallest absolute Gasteiger partial charge is 0.320 e. The van der Waals surface area contributed by atoms with Crippen LogP contribution in [0.15, 0.2) is 0 Å². The van der Waals surface area contributed by atoms with Crippen molar-refractivity contribution in [3.8, 4) is 0 Å². The van der Waals surface area contributed by atoms with Crippen molar-refractivity contribution >= 4 is 12.0 Å². The van der Waals surface area contributed by atoms with Gasteiger partial charge in [-0.3, -0.25) is 4.79 Å². The second-order valence-electron chi connectivity index (χ2n) is 6.22. The lowest BCUT2D eigenvalue weighted by Gasteiger charge is -2.38. The van der Waals surface area contributed by atoms with Crippen LogP contribution in [0.4, 0.5) is 4.79 Å². The van der Waals surface area contributed by atoms with Crippen molar-refractivity contribution in [3.63, 3.8) is 0 Å². The summed E-state index contributed by atoms with van der Waals surface area (Å²) in [5.41, 5.74) is 0. The number of carbonyl (C=O) groups is 2. The highest BCUT2D eigenvalue weighted by atomic mass is 16.5. The molecule has 6 nitrogen and oxygen atoms in total. The molecule has 120 valence electrons. The van der Waals surface area contributed by atoms with Crippen LogP contribution in [0.5, 0.6) is 0 Å². The van der Waals surface area contributed by atoms with E-state index in [1.54, 1.807) is 7.11 Å². The molecule has 2 saturated heterocycles. The van der Waals surface area contributed by atoms with Gasteiger partial charge in [-0.25, -0.2) is 4.79 Å². The van der Waals surface area contributed by atoms with E-state index in [-0.39, 0.29) is 18.4 Å². The summed E-state index contributed by atoms with van der Waals surface area (Å²) in [6.45, 7) is 3.68. The van der Waals surface area contributed by atoms with E-state index in [1.807, 2.05) is 9.80 Å². The number of urea groups is 1. The Labute approximate surface area is 126 Å². The maximum Gasteiger partial charge on any atom is 0.320 e. The minimum absolute atomic E-state index is 0.0842. The summed E-state index contributed by atoms with van der Waals surface area (Å²) >= 11 is 0. The molecule has 2 amide bonds. The van der Waals surface area contributed by atoms with Gasteiger partial charge in [-0.05, 0) is 37.5 Å². The van der Waals surface area contributed by atoms with E-state index in [1.165, 1.54) is 0 Å². The molecule has 2 rings (SSSR count). The second kappa shape index (κ2) is 7.64. The molecule has 6 heteroatoms. The van der Waals surface area contributed by atoms with Crippen LogP contribution in [0, 0.1) is 11.8 Å². The summed E-state index contributed by atoms with van der Waals surface area (Å²) in [6.07, 6.45) is 3.97. The summed E-state index contributed by atoms with van der Waals surface area (Å²) in [5.74, 6) is -0.110. The maximum absolute atomic E-state index is 12.5. The molecule has 0 spiro atoms. The number of carbonyl (C=O) groups excluding carboxylic acids is 1. The molecule has 2 aliphatic rings. The zero-order chi connectivity index (χ0) is 15.2. The topological polar surface area (TPSA) is 70.1 Å². The highest BCUT2D eigenvalue weighted by Crippen LogP contribution is 2.23. The zero-order valence-corrected chi connectivity index (χ0v) is 12.8. The van der Waals surface area contributed by atoms with Crippen molar-refractivity contribution < 1.29 is 19.4 Å². The molecule has 0 saturated carbocycles. The highest BCUT2D eigenvalue weighted by molar-refractivity contribution is 5.75. The fraction of sp³-hybridized carbons (Fsp3) is 0.867. The maximum atomic E-state index is 12.5. The summed E-state index contributed by atoms with van der Waals surface area (Å²) < 4.78 is 5.17. The van der Waals surface area contributed by atoms with Crippen molar-refractivity contribution in [3.05, 3.63) is 0 Å². The molecular formula is C15H26N2O4. The predicted octanol–water partition coefficient (Wildman–Crippen LogP) is 1.65. The average molecular weight is 298 g/mol. The van der Waals surface area contributed by atoms with Crippen LogP contribution in [0.2, 0.25) is 0 Å². The summed E-state index contributed by atoms with van der Waals surface area (Å²) in [4.78, 5) is 27.1. The molecule has 2 heterocycles. The number of hydrogen-bond acceptors (Lipinski definition) is 3. The summed E-state index contributed by atoms with van der Waals surface area (Å²) in [6, 6.07) is 0.0842. The molecule has 0 radical (unpaired) electrons. The molecule has 1 unspecified atom stereocenters. The molecule has 2 fully saturated rings. The first-order valence-corrected chi connectivity index (χ1v) is 7.84. The van der Waals surface area contributed by atoms with E-state index in [4.69, 9.17) is 9.84 Å². The number of carboxylic acid groups (broad SMARTS) is 1. The Morgan fingerprint density at radius 2 is 1.81 bits per heavy atom. The van der Waals surface area contributed by atoms with Gasteiger partial charge >= 0.3 is 12.0 Å². The zero-order valence-electron chi connectivity index (χ0n) is 12.8. The number of carboxylic acids is 1. The van der Waals surface area contributed by atoms with E-state index in [2.05, 4.69) is 0 Å². The van der Waals surface area contributed by atoms with Crippen molar-refractivity contribution in [1.29, 1.82) is 0 Å². The molecule has 0 aromatic carbocycles. The molecule has 0 bridgehead atoms. The molecular weight excluding hydrogens is 272 g/mol. The third kappa shape index (κ3) is 4.59. The van der Waals surface area contributed by atoms with Gasteiger partial charge in [-0.2, -0.15) is 0 Å². The second-order valence-corrected chi connectivity index (χ2v) is 6.22. The van der Waals surface area contributed by atoms with Gasteiger partial charge in [-0.1, -0.05) is 0 Å². The molecule has 21 heavy (non-hydrogen) atoms. The number of aliphatic carboxylic acids is 1. The Bertz CT molecular complexity index is 367. The van der Waals surface area contributed by atoms with E-state index in [0.29, 0.717) is 12.5 Å². The Morgan fingerprint density at radius 3 is 2.43 bits per heavy atom. The van der Waals surface area contributed by atoms with Crippen molar-refractivity contribution in [1.82, 2.24) is 9.80 Å². The lowest BCUT2D eigenvalue weighted by Crippen LogP contribution is -2.50. The lowest BCUT2D eigenvalue weighted by molar-refractivity contribution is -0.138. The van der Waals surface area contributed by atoms with Gasteiger partial charge in [0.15, 0.2) is 0 Å². The number of ether oxygens (including phenoxy) is 1. The third-order valence-electron chi connectivity index (χ3n) is 4.54. The molecule has 0 aromatic rings. The predicted molar refractivity (Wildman–Crippen MR) is 78.1 cm³/mol. The quantitative estimate of drug-likeness (QED) is 0.857. The van der Waals surface area contributed by atoms with Gasteiger partial charge in [0.2, 0.25) is 0 Å². The SMILES string of the molecule is COCC1CCN(C(=O)N2CCCC(CC(=O)O)C2)CC1. The largest absolute Gasteiger partial charge is 0.481 e. The third-order valence-corrected chi connectivity index (χ3v) is 4.54. The first kappa shape index (κ1) is 16.1. The van der Waals surface area contributed by atoms with Gasteiger partial charge < -0.3 is 19.6 Å². The van der Waals surface area contributed by atoms with Crippen LogP contribution in [0.3, 0.4) is 0 Å². The van der Waals surface area contributed by atoms with Gasteiger partial charge in [0, 0.05) is 46.3 Å². The molecule has 0 aromatic heterocycles. The van der Waals surface area contributed by atoms with Gasteiger partial charge in [0.05, 0.1) is 0 Å². The minimum atomic E-state index is -0.769. The Balaban J connectivity index is 1.81. The number of amides is 2. The Hall–Kier alpha value is -1.30. The van der Waals surface area contributed by atoms with E-state index in [9.17, 15) is 9.59 Å². The monoisotopic (exact) mass is 298 g/mol. The van der Waals surface area contributed by atoms with Gasteiger partial charge in [-0.15, -0.1) is 0 Å². The van der Waals surface area contributed by atoms with Crippen LogP contribution in [0.25, 0.3) is 0 Å². The van der Waals surface area contributed by atoms with Gasteiger partial charge in [0.25, 0.3) is 0 Å². The van der Waals surface area contributed by atoms with Crippen molar-refractivity contribution in [2.24, 2.45) is 11.8 Å². The number of nitrogens with zero attached hydrogens (tertiary/aromatic N) is 2. The van der Waals surface area contributed by atoms with Crippen LogP contribution in [-0.2, 0) is 9.53 Å². The Kier molecular flexibility index (Phi) is 5.85. The minimum Gasteiger partial charge on any atom is -0.481 e. The molecule has 1 atom stereocenters.